The lowest BCUT2D eigenvalue weighted by molar-refractivity contribution is -0.114. The summed E-state index contributed by atoms with van der Waals surface area (Å²) in [6, 6.07) is 6.74. The number of hydrogen-bond donors (Lipinski definition) is 1. The number of amides is 2. The van der Waals surface area contributed by atoms with Gasteiger partial charge < -0.3 is 10.2 Å². The Hall–Kier alpha value is -1.93. The molecule has 126 valence electrons. The van der Waals surface area contributed by atoms with Crippen LogP contribution in [-0.2, 0) is 14.8 Å². The Morgan fingerprint density at radius 2 is 1.87 bits per heavy atom. The van der Waals surface area contributed by atoms with Crippen molar-refractivity contribution in [3.8, 4) is 0 Å². The molecule has 1 aliphatic rings. The van der Waals surface area contributed by atoms with E-state index in [2.05, 4.69) is 5.32 Å². The average molecular weight is 339 g/mol. The Bertz CT molecular complexity index is 702. The number of anilines is 1. The van der Waals surface area contributed by atoms with Crippen molar-refractivity contribution in [3.05, 3.63) is 29.8 Å². The first-order chi connectivity index (χ1) is 10.8. The van der Waals surface area contributed by atoms with Crippen molar-refractivity contribution in [2.24, 2.45) is 0 Å². The molecule has 8 heteroatoms. The topological polar surface area (TPSA) is 86.8 Å². The molecule has 23 heavy (non-hydrogen) atoms. The third kappa shape index (κ3) is 4.77. The molecule has 2 amide bonds. The van der Waals surface area contributed by atoms with Gasteiger partial charge in [0.15, 0.2) is 0 Å². The molecule has 0 atom stereocenters. The van der Waals surface area contributed by atoms with E-state index in [0.717, 1.165) is 0 Å². The van der Waals surface area contributed by atoms with Crippen molar-refractivity contribution in [2.45, 2.75) is 13.3 Å². The number of carbonyl (C=O) groups is 2. The molecule has 0 aliphatic carbocycles. The zero-order valence-electron chi connectivity index (χ0n) is 13.3. The molecule has 0 saturated carbocycles. The van der Waals surface area contributed by atoms with Crippen molar-refractivity contribution >= 4 is 27.5 Å². The third-order valence-corrected chi connectivity index (χ3v) is 4.94. The van der Waals surface area contributed by atoms with E-state index < -0.39 is 10.0 Å². The van der Waals surface area contributed by atoms with Gasteiger partial charge in [-0.05, 0) is 24.6 Å². The highest BCUT2D eigenvalue weighted by atomic mass is 32.2. The van der Waals surface area contributed by atoms with Crippen molar-refractivity contribution in [1.29, 1.82) is 0 Å². The van der Waals surface area contributed by atoms with Crippen LogP contribution in [0.1, 0.15) is 23.7 Å². The molecule has 1 aromatic carbocycles. The van der Waals surface area contributed by atoms with Gasteiger partial charge in [0.25, 0.3) is 5.91 Å². The van der Waals surface area contributed by atoms with Crippen LogP contribution in [0.2, 0.25) is 0 Å². The summed E-state index contributed by atoms with van der Waals surface area (Å²) in [5.41, 5.74) is 1.04. The smallest absolute Gasteiger partial charge is 0.253 e. The summed E-state index contributed by atoms with van der Waals surface area (Å²) in [5, 5.41) is 2.65. The number of hydrogen-bond acceptors (Lipinski definition) is 4. The fourth-order valence-electron chi connectivity index (χ4n) is 2.54. The predicted molar refractivity (Wildman–Crippen MR) is 87.7 cm³/mol. The van der Waals surface area contributed by atoms with Crippen LogP contribution in [0.3, 0.4) is 0 Å². The molecule has 1 aromatic rings. The van der Waals surface area contributed by atoms with Crippen LogP contribution >= 0.6 is 0 Å². The maximum Gasteiger partial charge on any atom is 0.253 e. The van der Waals surface area contributed by atoms with E-state index in [1.54, 1.807) is 29.2 Å². The van der Waals surface area contributed by atoms with Gasteiger partial charge in [-0.3, -0.25) is 9.59 Å². The maximum absolute atomic E-state index is 12.6. The van der Waals surface area contributed by atoms with Crippen LogP contribution in [0.5, 0.6) is 0 Å². The minimum atomic E-state index is -3.24. The van der Waals surface area contributed by atoms with Crippen LogP contribution in [0.15, 0.2) is 24.3 Å². The van der Waals surface area contributed by atoms with Crippen molar-refractivity contribution in [1.82, 2.24) is 9.21 Å². The lowest BCUT2D eigenvalue weighted by Crippen LogP contribution is -2.36. The van der Waals surface area contributed by atoms with Crippen molar-refractivity contribution in [3.63, 3.8) is 0 Å². The Balaban J connectivity index is 2.10. The zero-order valence-corrected chi connectivity index (χ0v) is 14.1. The predicted octanol–water partition coefficient (Wildman–Crippen LogP) is 0.752. The summed E-state index contributed by atoms with van der Waals surface area (Å²) < 4.78 is 24.6. The van der Waals surface area contributed by atoms with E-state index in [-0.39, 0.29) is 11.8 Å². The number of carbonyl (C=O) groups excluding carboxylic acids is 2. The molecule has 7 nitrogen and oxygen atoms in total. The molecule has 1 fully saturated rings. The summed E-state index contributed by atoms with van der Waals surface area (Å²) in [4.78, 5) is 25.3. The summed E-state index contributed by atoms with van der Waals surface area (Å²) >= 11 is 0. The lowest BCUT2D eigenvalue weighted by Gasteiger charge is -2.21. The quantitative estimate of drug-likeness (QED) is 0.880. The zero-order chi connectivity index (χ0) is 17.0. The first-order valence-corrected chi connectivity index (χ1v) is 9.24. The normalized spacial score (nSPS) is 16.7. The van der Waals surface area contributed by atoms with Gasteiger partial charge in [-0.1, -0.05) is 6.07 Å². The Kier molecular flexibility index (Phi) is 5.38. The van der Waals surface area contributed by atoms with Gasteiger partial charge in [-0.15, -0.1) is 0 Å². The second-order valence-corrected chi connectivity index (χ2v) is 7.55. The van der Waals surface area contributed by atoms with Gasteiger partial charge >= 0.3 is 0 Å². The largest absolute Gasteiger partial charge is 0.337 e. The number of benzene rings is 1. The molecule has 1 N–H and O–H groups in total. The minimum Gasteiger partial charge on any atom is -0.337 e. The highest BCUT2D eigenvalue weighted by Gasteiger charge is 2.24. The van der Waals surface area contributed by atoms with Gasteiger partial charge in [0, 0.05) is 44.4 Å². The molecule has 0 bridgehead atoms. The van der Waals surface area contributed by atoms with E-state index in [0.29, 0.717) is 43.9 Å². The van der Waals surface area contributed by atoms with Gasteiger partial charge in [0.05, 0.1) is 6.26 Å². The van der Waals surface area contributed by atoms with Crippen LogP contribution in [0.25, 0.3) is 0 Å². The van der Waals surface area contributed by atoms with Crippen LogP contribution in [-0.4, -0.2) is 61.9 Å². The van der Waals surface area contributed by atoms with E-state index in [4.69, 9.17) is 0 Å². The molecule has 2 rings (SSSR count). The average Bonchev–Trinajstić information content (AvgIpc) is 2.71. The molecular formula is C15H21N3O4S. The Labute approximate surface area is 136 Å². The molecule has 0 aromatic heterocycles. The van der Waals surface area contributed by atoms with Crippen LogP contribution in [0, 0.1) is 0 Å². The van der Waals surface area contributed by atoms with E-state index in [1.165, 1.54) is 17.5 Å². The Morgan fingerprint density at radius 1 is 1.13 bits per heavy atom. The first kappa shape index (κ1) is 17.4. The minimum absolute atomic E-state index is 0.160. The highest BCUT2D eigenvalue weighted by Crippen LogP contribution is 2.15. The molecule has 0 spiro atoms. The maximum atomic E-state index is 12.6. The number of sulfonamides is 1. The summed E-state index contributed by atoms with van der Waals surface area (Å²) in [5.74, 6) is -0.360. The lowest BCUT2D eigenvalue weighted by atomic mass is 10.1. The van der Waals surface area contributed by atoms with Crippen LogP contribution in [0.4, 0.5) is 5.69 Å². The Morgan fingerprint density at radius 3 is 2.52 bits per heavy atom. The number of nitrogens with one attached hydrogen (secondary N) is 1. The van der Waals surface area contributed by atoms with E-state index in [9.17, 15) is 18.0 Å². The number of nitrogens with zero attached hydrogens (tertiary/aromatic N) is 2. The molecule has 1 saturated heterocycles. The van der Waals surface area contributed by atoms with Crippen molar-refractivity contribution in [2.75, 3.05) is 37.8 Å². The van der Waals surface area contributed by atoms with Crippen molar-refractivity contribution < 1.29 is 18.0 Å². The second kappa shape index (κ2) is 7.10. The van der Waals surface area contributed by atoms with Gasteiger partial charge in [0.1, 0.15) is 0 Å². The third-order valence-electron chi connectivity index (χ3n) is 3.64. The molecule has 0 radical (unpaired) electrons. The summed E-state index contributed by atoms with van der Waals surface area (Å²) in [7, 11) is -3.24. The molecule has 1 heterocycles. The first-order valence-electron chi connectivity index (χ1n) is 7.39. The fourth-order valence-corrected chi connectivity index (χ4v) is 3.42. The highest BCUT2D eigenvalue weighted by molar-refractivity contribution is 7.88. The van der Waals surface area contributed by atoms with Gasteiger partial charge in [-0.2, -0.15) is 0 Å². The SMILES string of the molecule is CC(=O)Nc1cccc(C(=O)N2CCCN(S(C)(=O)=O)CC2)c1. The standard InChI is InChI=1S/C15H21N3O4S/c1-12(19)16-14-6-3-5-13(11-14)15(20)17-7-4-8-18(10-9-17)23(2,21)22/h3,5-6,11H,4,7-10H2,1-2H3,(H,16,19). The summed E-state index contributed by atoms with van der Waals surface area (Å²) in [6.07, 6.45) is 1.78. The van der Waals surface area contributed by atoms with Gasteiger partial charge in [0.2, 0.25) is 15.9 Å². The molecule has 0 unspecified atom stereocenters. The number of rotatable bonds is 3. The van der Waals surface area contributed by atoms with E-state index >= 15 is 0 Å². The fraction of sp³-hybridized carbons (Fsp3) is 0.467. The monoisotopic (exact) mass is 339 g/mol. The van der Waals surface area contributed by atoms with E-state index in [1.807, 2.05) is 0 Å². The van der Waals surface area contributed by atoms with Gasteiger partial charge in [-0.25, -0.2) is 12.7 Å². The van der Waals surface area contributed by atoms with Crippen LogP contribution < -0.4 is 5.32 Å². The molecular weight excluding hydrogens is 318 g/mol. The summed E-state index contributed by atoms with van der Waals surface area (Å²) in [6.45, 7) is 3.00. The second-order valence-electron chi connectivity index (χ2n) is 5.57. The molecule has 1 aliphatic heterocycles.